The quantitative estimate of drug-likeness (QED) is 0.464. The molecule has 1 fully saturated rings. The van der Waals surface area contributed by atoms with E-state index >= 15 is 0 Å². The minimum atomic E-state index is -0.783. The molecule has 0 aromatic heterocycles. The smallest absolute Gasteiger partial charge is 0.277 e. The molecular weight excluding hydrogens is 172 g/mol. The normalized spacial score (nSPS) is 19.0. The maximum absolute atomic E-state index is 11.1. The number of amides is 4. The molecule has 1 aliphatic rings. The molecule has 0 unspecified atom stereocenters. The molecule has 13 heavy (non-hydrogen) atoms. The van der Waals surface area contributed by atoms with Crippen LogP contribution in [0, 0.1) is 5.92 Å². The second-order valence-electron chi connectivity index (χ2n) is 2.66. The van der Waals surface area contributed by atoms with Crippen molar-refractivity contribution < 1.29 is 14.4 Å². The van der Waals surface area contributed by atoms with Gasteiger partial charge in [-0.1, -0.05) is 12.2 Å². The van der Waals surface area contributed by atoms with Crippen molar-refractivity contribution >= 4 is 17.8 Å². The standard InChI is InChI=1S/C8H10N2O3/c1-2-3-4-5-6(11)9-8(13)10-7(5)12/h2-3,5H,4H2,1H3,(H2,9,10,11,12,13)/b3-2+. The van der Waals surface area contributed by atoms with Crippen molar-refractivity contribution in [1.29, 1.82) is 0 Å². The predicted molar refractivity (Wildman–Crippen MR) is 44.6 cm³/mol. The van der Waals surface area contributed by atoms with Crippen LogP contribution in [-0.2, 0) is 9.59 Å². The Kier molecular flexibility index (Phi) is 2.79. The summed E-state index contributed by atoms with van der Waals surface area (Å²) in [5, 5.41) is 4.05. The summed E-state index contributed by atoms with van der Waals surface area (Å²) in [4.78, 5) is 32.8. The zero-order chi connectivity index (χ0) is 9.84. The second kappa shape index (κ2) is 3.84. The highest BCUT2D eigenvalue weighted by Gasteiger charge is 2.32. The summed E-state index contributed by atoms with van der Waals surface area (Å²) in [6.07, 6.45) is 3.78. The van der Waals surface area contributed by atoms with Gasteiger partial charge in [0.05, 0.1) is 0 Å². The van der Waals surface area contributed by atoms with Gasteiger partial charge in [-0.15, -0.1) is 0 Å². The lowest BCUT2D eigenvalue weighted by atomic mass is 10.0. The molecule has 0 aliphatic carbocycles. The summed E-state index contributed by atoms with van der Waals surface area (Å²) in [5.74, 6) is -1.85. The first kappa shape index (κ1) is 9.44. The van der Waals surface area contributed by atoms with Crippen molar-refractivity contribution in [3.63, 3.8) is 0 Å². The molecule has 1 aliphatic heterocycles. The van der Waals surface area contributed by atoms with Gasteiger partial charge in [0, 0.05) is 0 Å². The van der Waals surface area contributed by atoms with E-state index in [1.54, 1.807) is 19.1 Å². The molecular formula is C8H10N2O3. The Bertz CT molecular complexity index is 263. The average Bonchev–Trinajstić information content (AvgIpc) is 2.02. The molecule has 0 saturated carbocycles. The van der Waals surface area contributed by atoms with Gasteiger partial charge in [-0.05, 0) is 13.3 Å². The fourth-order valence-corrected chi connectivity index (χ4v) is 1.03. The number of carbonyl (C=O) groups excluding carboxylic acids is 3. The minimum Gasteiger partial charge on any atom is -0.277 e. The third kappa shape index (κ3) is 2.14. The summed E-state index contributed by atoms with van der Waals surface area (Å²) >= 11 is 0. The van der Waals surface area contributed by atoms with Gasteiger partial charge in [-0.25, -0.2) is 4.79 Å². The number of imide groups is 2. The van der Waals surface area contributed by atoms with E-state index < -0.39 is 23.8 Å². The van der Waals surface area contributed by atoms with Gasteiger partial charge >= 0.3 is 6.03 Å². The van der Waals surface area contributed by atoms with E-state index in [0.29, 0.717) is 6.42 Å². The molecule has 4 amide bonds. The van der Waals surface area contributed by atoms with E-state index in [0.717, 1.165) is 0 Å². The number of barbiturate groups is 1. The highest BCUT2D eigenvalue weighted by Crippen LogP contribution is 2.07. The van der Waals surface area contributed by atoms with Gasteiger partial charge in [-0.2, -0.15) is 0 Å². The number of hydrogen-bond donors (Lipinski definition) is 2. The largest absolute Gasteiger partial charge is 0.328 e. The minimum absolute atomic E-state index is 0.321. The fraction of sp³-hybridized carbons (Fsp3) is 0.375. The van der Waals surface area contributed by atoms with E-state index in [1.165, 1.54) is 0 Å². The van der Waals surface area contributed by atoms with Crippen LogP contribution in [0.4, 0.5) is 4.79 Å². The third-order valence-corrected chi connectivity index (χ3v) is 1.71. The summed E-state index contributed by atoms with van der Waals surface area (Å²) in [6.45, 7) is 1.80. The van der Waals surface area contributed by atoms with Gasteiger partial charge < -0.3 is 0 Å². The van der Waals surface area contributed by atoms with Crippen molar-refractivity contribution in [2.75, 3.05) is 0 Å². The first-order valence-corrected chi connectivity index (χ1v) is 3.92. The third-order valence-electron chi connectivity index (χ3n) is 1.71. The van der Waals surface area contributed by atoms with Crippen LogP contribution in [0.5, 0.6) is 0 Å². The van der Waals surface area contributed by atoms with Gasteiger partial charge in [0.1, 0.15) is 5.92 Å². The molecule has 2 N–H and O–H groups in total. The van der Waals surface area contributed by atoms with E-state index in [-0.39, 0.29) is 0 Å². The van der Waals surface area contributed by atoms with Crippen LogP contribution in [0.15, 0.2) is 12.2 Å². The van der Waals surface area contributed by atoms with Crippen molar-refractivity contribution in [3.05, 3.63) is 12.2 Å². The summed E-state index contributed by atoms with van der Waals surface area (Å²) in [7, 11) is 0. The van der Waals surface area contributed by atoms with E-state index in [2.05, 4.69) is 0 Å². The maximum Gasteiger partial charge on any atom is 0.328 e. The van der Waals surface area contributed by atoms with Crippen LogP contribution in [-0.4, -0.2) is 17.8 Å². The number of urea groups is 1. The second-order valence-corrected chi connectivity index (χ2v) is 2.66. The lowest BCUT2D eigenvalue weighted by Crippen LogP contribution is -2.55. The van der Waals surface area contributed by atoms with Crippen molar-refractivity contribution in [3.8, 4) is 0 Å². The van der Waals surface area contributed by atoms with Gasteiger partial charge in [0.2, 0.25) is 11.8 Å². The Hall–Kier alpha value is -1.65. The highest BCUT2D eigenvalue weighted by atomic mass is 16.2. The Labute approximate surface area is 75.2 Å². The molecule has 1 saturated heterocycles. The van der Waals surface area contributed by atoms with E-state index in [1.807, 2.05) is 10.6 Å². The fourth-order valence-electron chi connectivity index (χ4n) is 1.03. The topological polar surface area (TPSA) is 75.3 Å². The summed E-state index contributed by atoms with van der Waals surface area (Å²) in [6, 6.07) is -0.744. The van der Waals surface area contributed by atoms with Gasteiger partial charge in [0.15, 0.2) is 0 Å². The Morgan fingerprint density at radius 3 is 2.23 bits per heavy atom. The zero-order valence-electron chi connectivity index (χ0n) is 7.16. The first-order valence-electron chi connectivity index (χ1n) is 3.92. The molecule has 0 atom stereocenters. The number of nitrogens with one attached hydrogen (secondary N) is 2. The lowest BCUT2D eigenvalue weighted by molar-refractivity contribution is -0.135. The van der Waals surface area contributed by atoms with E-state index in [9.17, 15) is 14.4 Å². The average molecular weight is 182 g/mol. The molecule has 5 heteroatoms. The van der Waals surface area contributed by atoms with Crippen molar-refractivity contribution in [2.24, 2.45) is 5.92 Å². The van der Waals surface area contributed by atoms with Crippen molar-refractivity contribution in [2.45, 2.75) is 13.3 Å². The van der Waals surface area contributed by atoms with Gasteiger partial charge in [0.25, 0.3) is 0 Å². The molecule has 70 valence electrons. The Morgan fingerprint density at radius 2 is 1.77 bits per heavy atom. The molecule has 1 rings (SSSR count). The van der Waals surface area contributed by atoms with Crippen molar-refractivity contribution in [1.82, 2.24) is 10.6 Å². The molecule has 0 radical (unpaired) electrons. The molecule has 0 bridgehead atoms. The van der Waals surface area contributed by atoms with Crippen LogP contribution < -0.4 is 10.6 Å². The monoisotopic (exact) mass is 182 g/mol. The highest BCUT2D eigenvalue weighted by molar-refractivity contribution is 6.16. The zero-order valence-corrected chi connectivity index (χ0v) is 7.16. The van der Waals surface area contributed by atoms with Crippen LogP contribution in [0.3, 0.4) is 0 Å². The van der Waals surface area contributed by atoms with E-state index in [4.69, 9.17) is 0 Å². The van der Waals surface area contributed by atoms with Gasteiger partial charge in [-0.3, -0.25) is 20.2 Å². The molecule has 5 nitrogen and oxygen atoms in total. The maximum atomic E-state index is 11.1. The first-order chi connectivity index (χ1) is 6.15. The van der Waals surface area contributed by atoms with Crippen LogP contribution >= 0.6 is 0 Å². The lowest BCUT2D eigenvalue weighted by Gasteiger charge is -2.18. The molecule has 0 aromatic carbocycles. The molecule has 1 heterocycles. The summed E-state index contributed by atoms with van der Waals surface area (Å²) < 4.78 is 0. The van der Waals surface area contributed by atoms with Crippen LogP contribution in [0.2, 0.25) is 0 Å². The summed E-state index contributed by atoms with van der Waals surface area (Å²) in [5.41, 5.74) is 0. The Morgan fingerprint density at radius 1 is 1.23 bits per heavy atom. The number of hydrogen-bond acceptors (Lipinski definition) is 3. The van der Waals surface area contributed by atoms with Crippen LogP contribution in [0.25, 0.3) is 0 Å². The SMILES string of the molecule is C/C=C/CC1C(=O)NC(=O)NC1=O. The van der Waals surface area contributed by atoms with Crippen LogP contribution in [0.1, 0.15) is 13.3 Å². The molecule has 0 aromatic rings. The number of rotatable bonds is 2. The number of allylic oxidation sites excluding steroid dienone is 2. The number of carbonyl (C=O) groups is 3. The molecule has 0 spiro atoms. The predicted octanol–water partition coefficient (Wildman–Crippen LogP) is -0.0652. The Balaban J connectivity index is 2.67.